The summed E-state index contributed by atoms with van der Waals surface area (Å²) >= 11 is 0. The number of nitrogens with zero attached hydrogens (tertiary/aromatic N) is 1. The summed E-state index contributed by atoms with van der Waals surface area (Å²) in [6.07, 6.45) is 1.04. The average molecular weight is 248 g/mol. The third-order valence-corrected chi connectivity index (χ3v) is 4.06. The summed E-state index contributed by atoms with van der Waals surface area (Å²) < 4.78 is 11.0. The highest BCUT2D eigenvalue weighted by Crippen LogP contribution is 2.36. The highest BCUT2D eigenvalue weighted by atomic mass is 16.5. The summed E-state index contributed by atoms with van der Waals surface area (Å²) in [7, 11) is 3.49. The molecule has 1 unspecified atom stereocenters. The number of nitrogens with one attached hydrogen (secondary N) is 1. The summed E-state index contributed by atoms with van der Waals surface area (Å²) in [4.78, 5) is 2.54. The van der Waals surface area contributed by atoms with E-state index < -0.39 is 0 Å². The maximum atomic E-state index is 5.50. The van der Waals surface area contributed by atoms with E-state index in [-0.39, 0.29) is 0 Å². The fraction of sp³-hybridized carbons (Fsp3) is 0.571. The molecular weight excluding hydrogens is 228 g/mol. The van der Waals surface area contributed by atoms with Crippen molar-refractivity contribution in [2.24, 2.45) is 0 Å². The number of piperazine rings is 1. The Balaban J connectivity index is 2.01. The van der Waals surface area contributed by atoms with Crippen molar-refractivity contribution >= 4 is 0 Å². The van der Waals surface area contributed by atoms with E-state index in [9.17, 15) is 0 Å². The normalized spacial score (nSPS) is 23.1. The van der Waals surface area contributed by atoms with Gasteiger partial charge in [-0.2, -0.15) is 0 Å². The molecule has 4 heteroatoms. The molecule has 18 heavy (non-hydrogen) atoms. The molecule has 0 spiro atoms. The van der Waals surface area contributed by atoms with Gasteiger partial charge in [-0.1, -0.05) is 0 Å². The van der Waals surface area contributed by atoms with Crippen LogP contribution in [0.4, 0.5) is 0 Å². The monoisotopic (exact) mass is 248 g/mol. The first kappa shape index (κ1) is 11.8. The first-order valence-corrected chi connectivity index (χ1v) is 6.51. The van der Waals surface area contributed by atoms with Crippen LogP contribution in [0.15, 0.2) is 12.1 Å². The lowest BCUT2D eigenvalue weighted by Crippen LogP contribution is -2.53. The molecule has 4 nitrogen and oxygen atoms in total. The minimum absolute atomic E-state index is 0.590. The molecule has 2 aliphatic rings. The van der Waals surface area contributed by atoms with Gasteiger partial charge in [0.1, 0.15) is 11.5 Å². The van der Waals surface area contributed by atoms with Gasteiger partial charge in [-0.15, -0.1) is 0 Å². The van der Waals surface area contributed by atoms with Crippen LogP contribution in [-0.2, 0) is 13.0 Å². The Morgan fingerprint density at radius 3 is 2.61 bits per heavy atom. The second-order valence-corrected chi connectivity index (χ2v) is 4.96. The second-order valence-electron chi connectivity index (χ2n) is 4.96. The van der Waals surface area contributed by atoms with Gasteiger partial charge in [0.05, 0.1) is 14.2 Å². The Morgan fingerprint density at radius 1 is 1.17 bits per heavy atom. The Morgan fingerprint density at radius 2 is 1.89 bits per heavy atom. The average Bonchev–Trinajstić information content (AvgIpc) is 2.44. The molecule has 1 N–H and O–H groups in total. The summed E-state index contributed by atoms with van der Waals surface area (Å²) in [5.41, 5.74) is 2.62. The van der Waals surface area contributed by atoms with Crippen LogP contribution in [0, 0.1) is 0 Å². The molecule has 0 bridgehead atoms. The van der Waals surface area contributed by atoms with Gasteiger partial charge in [0, 0.05) is 43.3 Å². The van der Waals surface area contributed by atoms with Gasteiger partial charge < -0.3 is 14.8 Å². The Kier molecular flexibility index (Phi) is 3.14. The largest absolute Gasteiger partial charge is 0.496 e. The van der Waals surface area contributed by atoms with E-state index in [1.54, 1.807) is 14.2 Å². The van der Waals surface area contributed by atoms with Crippen molar-refractivity contribution in [3.63, 3.8) is 0 Å². The smallest absolute Gasteiger partial charge is 0.123 e. The van der Waals surface area contributed by atoms with E-state index in [0.717, 1.165) is 44.1 Å². The molecule has 2 aliphatic heterocycles. The highest BCUT2D eigenvalue weighted by molar-refractivity contribution is 5.50. The number of hydrogen-bond donors (Lipinski definition) is 1. The van der Waals surface area contributed by atoms with Crippen molar-refractivity contribution in [1.29, 1.82) is 0 Å². The highest BCUT2D eigenvalue weighted by Gasteiger charge is 2.31. The number of hydrogen-bond acceptors (Lipinski definition) is 4. The van der Waals surface area contributed by atoms with Gasteiger partial charge in [0.2, 0.25) is 0 Å². The van der Waals surface area contributed by atoms with E-state index in [1.165, 1.54) is 11.1 Å². The van der Waals surface area contributed by atoms with Gasteiger partial charge in [-0.3, -0.25) is 4.90 Å². The van der Waals surface area contributed by atoms with E-state index in [2.05, 4.69) is 10.2 Å². The van der Waals surface area contributed by atoms with E-state index >= 15 is 0 Å². The fourth-order valence-corrected chi connectivity index (χ4v) is 3.08. The topological polar surface area (TPSA) is 33.7 Å². The molecule has 0 radical (unpaired) electrons. The zero-order valence-corrected chi connectivity index (χ0v) is 11.0. The molecule has 0 aromatic heterocycles. The van der Waals surface area contributed by atoms with Gasteiger partial charge in [-0.25, -0.2) is 0 Å². The van der Waals surface area contributed by atoms with E-state index in [4.69, 9.17) is 9.47 Å². The van der Waals surface area contributed by atoms with Crippen LogP contribution in [0.3, 0.4) is 0 Å². The maximum Gasteiger partial charge on any atom is 0.123 e. The standard InChI is InChI=1S/C14H20N2O2/c1-17-13-3-4-14(18-2)12-9-16-6-5-15-8-10(16)7-11(12)13/h3-4,10,15H,5-9H2,1-2H3. The summed E-state index contributed by atoms with van der Waals surface area (Å²) in [6, 6.07) is 4.62. The Bertz CT molecular complexity index is 407. The van der Waals surface area contributed by atoms with Crippen molar-refractivity contribution in [2.75, 3.05) is 33.9 Å². The number of benzene rings is 1. The minimum atomic E-state index is 0.590. The van der Waals surface area contributed by atoms with E-state index in [0.29, 0.717) is 6.04 Å². The predicted octanol–water partition coefficient (Wildman–Crippen LogP) is 1.03. The quantitative estimate of drug-likeness (QED) is 0.847. The molecule has 2 heterocycles. The van der Waals surface area contributed by atoms with Crippen LogP contribution >= 0.6 is 0 Å². The number of ether oxygens (including phenoxy) is 2. The summed E-state index contributed by atoms with van der Waals surface area (Å²) in [5, 5.41) is 3.47. The molecule has 0 amide bonds. The molecule has 3 rings (SSSR count). The first-order chi connectivity index (χ1) is 8.83. The van der Waals surface area contributed by atoms with Crippen LogP contribution in [0.1, 0.15) is 11.1 Å². The van der Waals surface area contributed by atoms with Crippen LogP contribution in [0.5, 0.6) is 11.5 Å². The zero-order chi connectivity index (χ0) is 12.5. The molecular formula is C14H20N2O2. The minimum Gasteiger partial charge on any atom is -0.496 e. The molecule has 0 saturated carbocycles. The van der Waals surface area contributed by atoms with Crippen molar-refractivity contribution < 1.29 is 9.47 Å². The third kappa shape index (κ3) is 1.85. The van der Waals surface area contributed by atoms with Crippen molar-refractivity contribution in [3.05, 3.63) is 23.3 Å². The number of fused-ring (bicyclic) bond motifs is 2. The summed E-state index contributed by atoms with van der Waals surface area (Å²) in [5.74, 6) is 1.99. The Hall–Kier alpha value is -1.26. The molecule has 1 atom stereocenters. The van der Waals surface area contributed by atoms with E-state index in [1.807, 2.05) is 12.1 Å². The van der Waals surface area contributed by atoms with Crippen LogP contribution in [0.2, 0.25) is 0 Å². The lowest BCUT2D eigenvalue weighted by Gasteiger charge is -2.41. The van der Waals surface area contributed by atoms with Crippen molar-refractivity contribution in [3.8, 4) is 11.5 Å². The first-order valence-electron chi connectivity index (χ1n) is 6.51. The van der Waals surface area contributed by atoms with Crippen LogP contribution in [-0.4, -0.2) is 44.8 Å². The van der Waals surface area contributed by atoms with Gasteiger partial charge in [0.15, 0.2) is 0 Å². The van der Waals surface area contributed by atoms with Crippen LogP contribution < -0.4 is 14.8 Å². The maximum absolute atomic E-state index is 5.50. The predicted molar refractivity (Wildman–Crippen MR) is 70.3 cm³/mol. The SMILES string of the molecule is COc1ccc(OC)c2c1CC1CNCCN1C2. The summed E-state index contributed by atoms with van der Waals surface area (Å²) in [6.45, 7) is 4.24. The molecule has 1 saturated heterocycles. The zero-order valence-electron chi connectivity index (χ0n) is 11.0. The molecule has 0 aliphatic carbocycles. The molecule has 98 valence electrons. The number of rotatable bonds is 2. The second kappa shape index (κ2) is 4.78. The fourth-order valence-electron chi connectivity index (χ4n) is 3.08. The van der Waals surface area contributed by atoms with Gasteiger partial charge >= 0.3 is 0 Å². The van der Waals surface area contributed by atoms with Crippen molar-refractivity contribution in [2.45, 2.75) is 19.0 Å². The third-order valence-electron chi connectivity index (χ3n) is 4.06. The van der Waals surface area contributed by atoms with Gasteiger partial charge in [-0.05, 0) is 18.6 Å². The van der Waals surface area contributed by atoms with Crippen molar-refractivity contribution in [1.82, 2.24) is 10.2 Å². The lowest BCUT2D eigenvalue weighted by molar-refractivity contribution is 0.136. The molecule has 1 fully saturated rings. The van der Waals surface area contributed by atoms with Gasteiger partial charge in [0.25, 0.3) is 0 Å². The molecule has 1 aromatic carbocycles. The molecule has 1 aromatic rings. The van der Waals surface area contributed by atoms with Crippen LogP contribution in [0.25, 0.3) is 0 Å². The number of methoxy groups -OCH3 is 2. The lowest BCUT2D eigenvalue weighted by atomic mass is 9.91. The Labute approximate surface area is 108 Å².